The summed E-state index contributed by atoms with van der Waals surface area (Å²) in [7, 11) is 0. The van der Waals surface area contributed by atoms with Gasteiger partial charge < -0.3 is 10.1 Å². The third-order valence-electron chi connectivity index (χ3n) is 5.73. The van der Waals surface area contributed by atoms with Crippen molar-refractivity contribution in [3.05, 3.63) is 94.9 Å². The Balaban J connectivity index is 1.34. The van der Waals surface area contributed by atoms with Crippen LogP contribution in [0.5, 0.6) is 5.75 Å². The molecule has 0 aliphatic rings. The first-order valence-corrected chi connectivity index (χ1v) is 12.4. The number of aromatic nitrogens is 1. The summed E-state index contributed by atoms with van der Waals surface area (Å²) in [4.78, 5) is 17.4. The molecular weight excluding hydrogens is 440 g/mol. The first kappa shape index (κ1) is 23.7. The van der Waals surface area contributed by atoms with E-state index >= 15 is 0 Å². The maximum absolute atomic E-state index is 12.6. The number of nitrogens with zero attached hydrogens (tertiary/aromatic N) is 1. The van der Waals surface area contributed by atoms with E-state index in [1.165, 1.54) is 5.56 Å². The number of carbonyl (C=O) groups excluding carboxylic acids is 1. The first-order chi connectivity index (χ1) is 16.4. The van der Waals surface area contributed by atoms with Crippen LogP contribution in [0.15, 0.2) is 78.2 Å². The Morgan fingerprint density at radius 1 is 0.941 bits per heavy atom. The van der Waals surface area contributed by atoms with Gasteiger partial charge in [0.1, 0.15) is 10.8 Å². The van der Waals surface area contributed by atoms with Gasteiger partial charge in [-0.15, -0.1) is 11.3 Å². The lowest BCUT2D eigenvalue weighted by atomic mass is 10.0. The molecule has 1 heterocycles. The zero-order chi connectivity index (χ0) is 24.1. The summed E-state index contributed by atoms with van der Waals surface area (Å²) in [6.07, 6.45) is -0.574. The van der Waals surface area contributed by atoms with Crippen LogP contribution in [0.2, 0.25) is 0 Å². The van der Waals surface area contributed by atoms with Crippen molar-refractivity contribution in [3.8, 4) is 27.6 Å². The third-order valence-corrected chi connectivity index (χ3v) is 6.62. The molecule has 0 aliphatic heterocycles. The zero-order valence-corrected chi connectivity index (χ0v) is 20.9. The van der Waals surface area contributed by atoms with Crippen molar-refractivity contribution in [1.82, 2.24) is 10.3 Å². The number of rotatable bonds is 8. The highest BCUT2D eigenvalue weighted by molar-refractivity contribution is 7.13. The van der Waals surface area contributed by atoms with Gasteiger partial charge in [0.05, 0.1) is 5.69 Å². The van der Waals surface area contributed by atoms with Crippen molar-refractivity contribution in [1.29, 1.82) is 0 Å². The number of aryl methyl sites for hydroxylation is 1. The Labute approximate surface area is 205 Å². The predicted molar refractivity (Wildman–Crippen MR) is 140 cm³/mol. The summed E-state index contributed by atoms with van der Waals surface area (Å²) < 4.78 is 5.96. The second kappa shape index (κ2) is 10.7. The van der Waals surface area contributed by atoms with E-state index in [1.54, 1.807) is 18.3 Å². The van der Waals surface area contributed by atoms with E-state index in [4.69, 9.17) is 9.72 Å². The van der Waals surface area contributed by atoms with Crippen LogP contribution in [0.3, 0.4) is 0 Å². The van der Waals surface area contributed by atoms with Crippen molar-refractivity contribution in [2.45, 2.75) is 46.3 Å². The van der Waals surface area contributed by atoms with Gasteiger partial charge in [-0.05, 0) is 37.0 Å². The molecule has 4 rings (SSSR count). The molecule has 1 amide bonds. The molecule has 0 radical (unpaired) electrons. The molecule has 0 bridgehead atoms. The summed E-state index contributed by atoms with van der Waals surface area (Å²) in [5, 5.41) is 6.05. The monoisotopic (exact) mass is 470 g/mol. The second-order valence-corrected chi connectivity index (χ2v) is 9.63. The highest BCUT2D eigenvalue weighted by Crippen LogP contribution is 2.29. The van der Waals surface area contributed by atoms with Crippen LogP contribution in [0.25, 0.3) is 21.8 Å². The van der Waals surface area contributed by atoms with Gasteiger partial charge >= 0.3 is 0 Å². The number of nitrogens with one attached hydrogen (secondary N) is 1. The zero-order valence-electron chi connectivity index (χ0n) is 20.0. The molecule has 0 saturated heterocycles. The molecule has 4 aromatic rings. The molecule has 0 aliphatic carbocycles. The van der Waals surface area contributed by atoms with E-state index in [2.05, 4.69) is 67.9 Å². The number of amides is 1. The standard InChI is InChI=1S/C29H30N2O2S/c1-19(2)25-7-5-6-8-27(25)33-21(4)28(32)30-17-22-11-15-24(16-12-22)29-31-26(18-34-29)23-13-9-20(3)10-14-23/h5-16,18-19,21H,17H2,1-4H3,(H,30,32). The van der Waals surface area contributed by atoms with Crippen LogP contribution >= 0.6 is 11.3 Å². The summed E-state index contributed by atoms with van der Waals surface area (Å²) in [6, 6.07) is 24.5. The van der Waals surface area contributed by atoms with Gasteiger partial charge in [-0.1, -0.05) is 86.1 Å². The molecule has 1 unspecified atom stereocenters. The van der Waals surface area contributed by atoms with Gasteiger partial charge in [0.25, 0.3) is 5.91 Å². The highest BCUT2D eigenvalue weighted by atomic mass is 32.1. The van der Waals surface area contributed by atoms with E-state index in [0.717, 1.165) is 38.7 Å². The lowest BCUT2D eigenvalue weighted by molar-refractivity contribution is -0.127. The quantitative estimate of drug-likeness (QED) is 0.302. The van der Waals surface area contributed by atoms with E-state index in [-0.39, 0.29) is 5.91 Å². The van der Waals surface area contributed by atoms with Gasteiger partial charge in [-0.3, -0.25) is 4.79 Å². The van der Waals surface area contributed by atoms with E-state index in [1.807, 2.05) is 36.4 Å². The lowest BCUT2D eigenvalue weighted by Crippen LogP contribution is -2.36. The number of ether oxygens (including phenoxy) is 1. The number of carbonyl (C=O) groups is 1. The molecule has 1 N–H and O–H groups in total. The number of para-hydroxylation sites is 1. The minimum absolute atomic E-state index is 0.134. The van der Waals surface area contributed by atoms with Gasteiger partial charge in [-0.2, -0.15) is 0 Å². The maximum atomic E-state index is 12.6. The van der Waals surface area contributed by atoms with Crippen LogP contribution in [0.1, 0.15) is 43.4 Å². The smallest absolute Gasteiger partial charge is 0.261 e. The van der Waals surface area contributed by atoms with Crippen LogP contribution in [0.4, 0.5) is 0 Å². The van der Waals surface area contributed by atoms with E-state index in [0.29, 0.717) is 12.5 Å². The van der Waals surface area contributed by atoms with Crippen LogP contribution in [-0.4, -0.2) is 17.0 Å². The largest absolute Gasteiger partial charge is 0.481 e. The molecule has 1 atom stereocenters. The van der Waals surface area contributed by atoms with Crippen molar-refractivity contribution >= 4 is 17.2 Å². The molecule has 34 heavy (non-hydrogen) atoms. The SMILES string of the molecule is Cc1ccc(-c2csc(-c3ccc(CNC(=O)C(C)Oc4ccccc4C(C)C)cc3)n2)cc1. The van der Waals surface area contributed by atoms with E-state index in [9.17, 15) is 4.79 Å². The Kier molecular flexibility index (Phi) is 7.43. The average molecular weight is 471 g/mol. The maximum Gasteiger partial charge on any atom is 0.261 e. The molecule has 0 saturated carbocycles. The third kappa shape index (κ3) is 5.72. The minimum atomic E-state index is -0.574. The molecule has 0 spiro atoms. The van der Waals surface area contributed by atoms with Crippen molar-refractivity contribution < 1.29 is 9.53 Å². The number of benzene rings is 3. The lowest BCUT2D eigenvalue weighted by Gasteiger charge is -2.18. The number of hydrogen-bond acceptors (Lipinski definition) is 4. The van der Waals surface area contributed by atoms with Gasteiger partial charge in [-0.25, -0.2) is 4.98 Å². The van der Waals surface area contributed by atoms with Gasteiger partial charge in [0, 0.05) is 23.1 Å². The number of hydrogen-bond donors (Lipinski definition) is 1. The summed E-state index contributed by atoms with van der Waals surface area (Å²) >= 11 is 1.64. The molecule has 5 heteroatoms. The Bertz CT molecular complexity index is 1240. The highest BCUT2D eigenvalue weighted by Gasteiger charge is 2.17. The number of thiazole rings is 1. The Morgan fingerprint density at radius 2 is 1.62 bits per heavy atom. The molecule has 174 valence electrons. The molecule has 1 aromatic heterocycles. The van der Waals surface area contributed by atoms with Crippen LogP contribution in [0, 0.1) is 6.92 Å². The average Bonchev–Trinajstić information content (AvgIpc) is 3.34. The molecule has 3 aromatic carbocycles. The second-order valence-electron chi connectivity index (χ2n) is 8.77. The summed E-state index contributed by atoms with van der Waals surface area (Å²) in [6.45, 7) is 8.55. The fraction of sp³-hybridized carbons (Fsp3) is 0.241. The fourth-order valence-electron chi connectivity index (χ4n) is 3.67. The normalized spacial score (nSPS) is 11.9. The van der Waals surface area contributed by atoms with Gasteiger partial charge in [0.2, 0.25) is 0 Å². The topological polar surface area (TPSA) is 51.2 Å². The van der Waals surface area contributed by atoms with Crippen LogP contribution < -0.4 is 10.1 Å². The van der Waals surface area contributed by atoms with Crippen molar-refractivity contribution in [2.75, 3.05) is 0 Å². The molecule has 4 nitrogen and oxygen atoms in total. The Hall–Kier alpha value is -3.44. The predicted octanol–water partition coefficient (Wildman–Crippen LogP) is 6.99. The summed E-state index contributed by atoms with van der Waals surface area (Å²) in [5.41, 5.74) is 6.56. The Morgan fingerprint density at radius 3 is 2.32 bits per heavy atom. The van der Waals surface area contributed by atoms with Crippen LogP contribution in [-0.2, 0) is 11.3 Å². The fourth-order valence-corrected chi connectivity index (χ4v) is 4.51. The van der Waals surface area contributed by atoms with Gasteiger partial charge in [0.15, 0.2) is 6.10 Å². The van der Waals surface area contributed by atoms with Crippen molar-refractivity contribution in [3.63, 3.8) is 0 Å². The summed E-state index contributed by atoms with van der Waals surface area (Å²) in [5.74, 6) is 0.957. The first-order valence-electron chi connectivity index (χ1n) is 11.6. The molecule has 0 fully saturated rings. The van der Waals surface area contributed by atoms with Crippen molar-refractivity contribution in [2.24, 2.45) is 0 Å². The minimum Gasteiger partial charge on any atom is -0.481 e. The molecular formula is C29H30N2O2S. The van der Waals surface area contributed by atoms with E-state index < -0.39 is 6.10 Å².